The second-order valence-electron chi connectivity index (χ2n) is 10.6. The van der Waals surface area contributed by atoms with Gasteiger partial charge < -0.3 is 14.6 Å². The molecule has 0 unspecified atom stereocenters. The molecule has 1 aliphatic heterocycles. The lowest BCUT2D eigenvalue weighted by atomic mass is 9.57. The number of carbonyl (C=O) groups is 2. The van der Waals surface area contributed by atoms with Gasteiger partial charge in [0.1, 0.15) is 12.2 Å². The number of aliphatic hydroxyl groups is 1. The van der Waals surface area contributed by atoms with E-state index >= 15 is 0 Å². The zero-order chi connectivity index (χ0) is 23.1. The lowest BCUT2D eigenvalue weighted by molar-refractivity contribution is -0.155. The van der Waals surface area contributed by atoms with E-state index in [2.05, 4.69) is 41.2 Å². The maximum Gasteiger partial charge on any atom is 0.309 e. The van der Waals surface area contributed by atoms with Crippen molar-refractivity contribution in [1.29, 1.82) is 0 Å². The molecule has 174 valence electrons. The van der Waals surface area contributed by atoms with Gasteiger partial charge in [0.25, 0.3) is 0 Å². The fourth-order valence-corrected chi connectivity index (χ4v) is 5.87. The summed E-state index contributed by atoms with van der Waals surface area (Å²) in [5.41, 5.74) is -0.240. The molecular formula is C26H40O5. The predicted octanol–water partition coefficient (Wildman–Crippen LogP) is 4.63. The Morgan fingerprint density at radius 1 is 1.29 bits per heavy atom. The van der Waals surface area contributed by atoms with Gasteiger partial charge in [-0.25, -0.2) is 0 Å². The van der Waals surface area contributed by atoms with Crippen LogP contribution in [0.3, 0.4) is 0 Å². The highest BCUT2D eigenvalue weighted by molar-refractivity contribution is 6.05. The summed E-state index contributed by atoms with van der Waals surface area (Å²) in [7, 11) is 0. The third-order valence-electron chi connectivity index (χ3n) is 8.30. The van der Waals surface area contributed by atoms with Crippen molar-refractivity contribution in [3.05, 3.63) is 23.8 Å². The predicted molar refractivity (Wildman–Crippen MR) is 120 cm³/mol. The van der Waals surface area contributed by atoms with Gasteiger partial charge in [0.2, 0.25) is 0 Å². The lowest BCUT2D eigenvalue weighted by Gasteiger charge is -2.47. The van der Waals surface area contributed by atoms with E-state index in [9.17, 15) is 14.7 Å². The molecule has 0 amide bonds. The molecule has 1 saturated carbocycles. The summed E-state index contributed by atoms with van der Waals surface area (Å²) in [6.45, 7) is 16.5. The van der Waals surface area contributed by atoms with Crippen LogP contribution in [-0.4, -0.2) is 41.3 Å². The monoisotopic (exact) mass is 432 g/mol. The fourth-order valence-electron chi connectivity index (χ4n) is 5.87. The minimum absolute atomic E-state index is 0.171. The van der Waals surface area contributed by atoms with Crippen molar-refractivity contribution in [3.63, 3.8) is 0 Å². The maximum absolute atomic E-state index is 13.0. The maximum atomic E-state index is 13.0. The van der Waals surface area contributed by atoms with E-state index in [0.717, 1.165) is 37.7 Å². The molecule has 5 nitrogen and oxygen atoms in total. The van der Waals surface area contributed by atoms with Crippen LogP contribution in [0.4, 0.5) is 0 Å². The van der Waals surface area contributed by atoms with E-state index < -0.39 is 17.1 Å². The van der Waals surface area contributed by atoms with Gasteiger partial charge in [0, 0.05) is 5.41 Å². The number of hydrogen-bond acceptors (Lipinski definition) is 5. The standard InChI is InChI=1S/C26H40O5/c1-8-15(2)11-16(3)12-17(4)23(29)30-21-10-9-18(5)25(7)20(21)13-22(28)26(19(6)14-27)24(25)31-26/h13,15-18,21,24,27H,6,8-12,14H2,1-5,7H3/t15-,16-,17-,18-,21+,24+,25+,26-/m0/s1. The molecule has 0 radical (unpaired) electrons. The van der Waals surface area contributed by atoms with Gasteiger partial charge in [-0.3, -0.25) is 9.59 Å². The first kappa shape index (κ1) is 24.2. The number of rotatable bonds is 9. The van der Waals surface area contributed by atoms with Crippen LogP contribution in [0.1, 0.15) is 73.6 Å². The average Bonchev–Trinajstić information content (AvgIpc) is 3.50. The third-order valence-corrected chi connectivity index (χ3v) is 8.30. The summed E-state index contributed by atoms with van der Waals surface area (Å²) in [6, 6.07) is 0. The number of fused-ring (bicyclic) bond motifs is 3. The summed E-state index contributed by atoms with van der Waals surface area (Å²) in [5, 5.41) is 9.60. The SMILES string of the molecule is C=C(CO)[C@@]12O[C@@H]1[C@@]1(C)C(=CC2=O)[C@H](OC(=O)[C@@H](C)C[C@@H](C)C[C@@H](C)CC)CC[C@@H]1C. The second-order valence-corrected chi connectivity index (χ2v) is 10.6. The van der Waals surface area contributed by atoms with E-state index in [1.165, 1.54) is 0 Å². The molecule has 8 atom stereocenters. The molecule has 1 saturated heterocycles. The van der Waals surface area contributed by atoms with Crippen LogP contribution in [0.5, 0.6) is 0 Å². The first-order chi connectivity index (χ1) is 14.5. The first-order valence-corrected chi connectivity index (χ1v) is 12.0. The van der Waals surface area contributed by atoms with Gasteiger partial charge >= 0.3 is 5.97 Å². The molecule has 3 rings (SSSR count). The van der Waals surface area contributed by atoms with E-state index in [1.807, 2.05) is 6.92 Å². The number of hydrogen-bond donors (Lipinski definition) is 1. The molecule has 1 heterocycles. The Bertz CT molecular complexity index is 770. The van der Waals surface area contributed by atoms with Crippen LogP contribution in [0.2, 0.25) is 0 Å². The molecule has 0 aromatic carbocycles. The minimum atomic E-state index is -1.11. The average molecular weight is 433 g/mol. The number of epoxide rings is 1. The normalized spacial score (nSPS) is 37.1. The number of ether oxygens (including phenoxy) is 2. The number of aliphatic hydroxyl groups excluding tert-OH is 1. The molecular weight excluding hydrogens is 392 g/mol. The Morgan fingerprint density at radius 3 is 2.58 bits per heavy atom. The zero-order valence-corrected chi connectivity index (χ0v) is 20.1. The molecule has 2 fully saturated rings. The highest BCUT2D eigenvalue weighted by Gasteiger charge is 2.74. The van der Waals surface area contributed by atoms with Gasteiger partial charge in [0.15, 0.2) is 11.4 Å². The molecule has 0 spiro atoms. The largest absolute Gasteiger partial charge is 0.458 e. The van der Waals surface area contributed by atoms with Crippen molar-refractivity contribution >= 4 is 11.8 Å². The van der Waals surface area contributed by atoms with Gasteiger partial charge in [0.05, 0.1) is 12.5 Å². The Morgan fingerprint density at radius 2 is 1.97 bits per heavy atom. The quantitative estimate of drug-likeness (QED) is 0.327. The molecule has 1 N–H and O–H groups in total. The minimum Gasteiger partial charge on any atom is -0.458 e. The van der Waals surface area contributed by atoms with E-state index in [-0.39, 0.29) is 36.3 Å². The fraction of sp³-hybridized carbons (Fsp3) is 0.769. The van der Waals surface area contributed by atoms with E-state index in [0.29, 0.717) is 17.4 Å². The number of ketones is 1. The Balaban J connectivity index is 1.74. The van der Waals surface area contributed by atoms with Crippen LogP contribution in [0, 0.1) is 29.1 Å². The third kappa shape index (κ3) is 4.04. The smallest absolute Gasteiger partial charge is 0.309 e. The topological polar surface area (TPSA) is 76.1 Å². The first-order valence-electron chi connectivity index (χ1n) is 12.0. The summed E-state index contributed by atoms with van der Waals surface area (Å²) in [4.78, 5) is 25.9. The van der Waals surface area contributed by atoms with Gasteiger partial charge in [-0.15, -0.1) is 0 Å². The molecule has 0 aromatic heterocycles. The number of carbonyl (C=O) groups excluding carboxylic acids is 2. The van der Waals surface area contributed by atoms with Crippen molar-refractivity contribution < 1.29 is 24.2 Å². The second kappa shape index (κ2) is 8.82. The van der Waals surface area contributed by atoms with Crippen LogP contribution in [0.25, 0.3) is 0 Å². The van der Waals surface area contributed by atoms with Crippen molar-refractivity contribution in [2.24, 2.45) is 29.1 Å². The van der Waals surface area contributed by atoms with Crippen LogP contribution >= 0.6 is 0 Å². The van der Waals surface area contributed by atoms with Crippen molar-refractivity contribution in [1.82, 2.24) is 0 Å². The molecule has 0 aromatic rings. The van der Waals surface area contributed by atoms with E-state index in [1.54, 1.807) is 6.08 Å². The Hall–Kier alpha value is -1.46. The number of esters is 1. The molecule has 3 aliphatic rings. The van der Waals surface area contributed by atoms with Gasteiger partial charge in [-0.05, 0) is 60.7 Å². The summed E-state index contributed by atoms with van der Waals surface area (Å²) in [5.74, 6) is 0.858. The molecule has 5 heteroatoms. The van der Waals surface area contributed by atoms with Crippen LogP contribution in [-0.2, 0) is 19.1 Å². The van der Waals surface area contributed by atoms with Crippen molar-refractivity contribution in [2.45, 2.75) is 91.5 Å². The molecule has 2 aliphatic carbocycles. The van der Waals surface area contributed by atoms with E-state index in [4.69, 9.17) is 9.47 Å². The molecule has 0 bridgehead atoms. The van der Waals surface area contributed by atoms with Crippen LogP contribution in [0.15, 0.2) is 23.8 Å². The van der Waals surface area contributed by atoms with Gasteiger partial charge in [-0.2, -0.15) is 0 Å². The lowest BCUT2D eigenvalue weighted by Crippen LogP contribution is -2.51. The summed E-state index contributed by atoms with van der Waals surface area (Å²) < 4.78 is 12.0. The highest BCUT2D eigenvalue weighted by atomic mass is 16.6. The molecule has 31 heavy (non-hydrogen) atoms. The van der Waals surface area contributed by atoms with Crippen molar-refractivity contribution in [2.75, 3.05) is 6.61 Å². The van der Waals surface area contributed by atoms with Crippen LogP contribution < -0.4 is 0 Å². The zero-order valence-electron chi connectivity index (χ0n) is 20.1. The Kier molecular flexibility index (Phi) is 6.88. The highest BCUT2D eigenvalue weighted by Crippen LogP contribution is 2.63. The van der Waals surface area contributed by atoms with Gasteiger partial charge in [-0.1, -0.05) is 54.5 Å². The Labute approximate surface area is 187 Å². The summed E-state index contributed by atoms with van der Waals surface area (Å²) >= 11 is 0. The van der Waals surface area contributed by atoms with Crippen molar-refractivity contribution in [3.8, 4) is 0 Å². The summed E-state index contributed by atoms with van der Waals surface area (Å²) in [6.07, 6.45) is 5.56.